The van der Waals surface area contributed by atoms with Gasteiger partial charge in [-0.1, -0.05) is 6.42 Å². The van der Waals surface area contributed by atoms with Crippen LogP contribution in [-0.4, -0.2) is 55.5 Å². The Kier molecular flexibility index (Phi) is 4.94. The summed E-state index contributed by atoms with van der Waals surface area (Å²) in [5, 5.41) is 0. The predicted molar refractivity (Wildman–Crippen MR) is 67.1 cm³/mol. The molecule has 6 heteroatoms. The van der Waals surface area contributed by atoms with Crippen molar-refractivity contribution in [2.75, 3.05) is 25.9 Å². The molecule has 1 rings (SSSR count). The van der Waals surface area contributed by atoms with Crippen molar-refractivity contribution in [1.82, 2.24) is 9.21 Å². The number of carbonyl (C=O) groups is 1. The van der Waals surface area contributed by atoms with Crippen molar-refractivity contribution in [3.8, 4) is 0 Å². The fourth-order valence-corrected chi connectivity index (χ4v) is 3.41. The Hall–Kier alpha value is -0.620. The molecular weight excluding hydrogens is 240 g/mol. The van der Waals surface area contributed by atoms with Gasteiger partial charge in [-0.2, -0.15) is 4.31 Å². The lowest BCUT2D eigenvalue weighted by atomic mass is 10.0. The van der Waals surface area contributed by atoms with E-state index in [4.69, 9.17) is 0 Å². The van der Waals surface area contributed by atoms with Gasteiger partial charge in [0.2, 0.25) is 15.9 Å². The number of carbonyl (C=O) groups excluding carboxylic acids is 1. The zero-order valence-corrected chi connectivity index (χ0v) is 11.7. The van der Waals surface area contributed by atoms with Crippen LogP contribution in [0.3, 0.4) is 0 Å². The maximum atomic E-state index is 12.2. The second-order valence-corrected chi connectivity index (χ2v) is 6.33. The summed E-state index contributed by atoms with van der Waals surface area (Å²) in [4.78, 5) is 13.9. The van der Waals surface area contributed by atoms with Gasteiger partial charge in [0.1, 0.15) is 6.04 Å². The Morgan fingerprint density at radius 1 is 1.29 bits per heavy atom. The van der Waals surface area contributed by atoms with E-state index in [1.54, 1.807) is 4.90 Å². The van der Waals surface area contributed by atoms with Gasteiger partial charge in [0.05, 0.1) is 6.26 Å². The van der Waals surface area contributed by atoms with Gasteiger partial charge in [0, 0.05) is 19.6 Å². The fourth-order valence-electron chi connectivity index (χ4n) is 2.29. The lowest BCUT2D eigenvalue weighted by Gasteiger charge is -2.35. The summed E-state index contributed by atoms with van der Waals surface area (Å²) in [6.07, 6.45) is 3.59. The van der Waals surface area contributed by atoms with E-state index in [-0.39, 0.29) is 5.91 Å². The zero-order valence-electron chi connectivity index (χ0n) is 10.8. The second kappa shape index (κ2) is 5.82. The van der Waals surface area contributed by atoms with Crippen LogP contribution in [0.4, 0.5) is 0 Å². The predicted octanol–water partition coefficient (Wildman–Crippen LogP) is 0.669. The van der Waals surface area contributed by atoms with Crippen molar-refractivity contribution in [1.29, 1.82) is 0 Å². The maximum absolute atomic E-state index is 12.2. The van der Waals surface area contributed by atoms with Gasteiger partial charge >= 0.3 is 0 Å². The van der Waals surface area contributed by atoms with E-state index in [1.807, 2.05) is 13.8 Å². The molecule has 1 aliphatic heterocycles. The first-order valence-corrected chi connectivity index (χ1v) is 8.02. The van der Waals surface area contributed by atoms with Crippen LogP contribution in [0, 0.1) is 0 Å². The molecule has 1 fully saturated rings. The molecule has 0 aromatic heterocycles. The summed E-state index contributed by atoms with van der Waals surface area (Å²) < 4.78 is 24.7. The molecule has 0 bridgehead atoms. The van der Waals surface area contributed by atoms with Crippen LogP contribution in [0.2, 0.25) is 0 Å². The maximum Gasteiger partial charge on any atom is 0.241 e. The van der Waals surface area contributed by atoms with Crippen molar-refractivity contribution in [3.05, 3.63) is 0 Å². The number of amides is 1. The van der Waals surface area contributed by atoms with E-state index in [9.17, 15) is 13.2 Å². The molecule has 0 radical (unpaired) electrons. The number of likely N-dealkylation sites (N-methyl/N-ethyl adjacent to an activating group) is 1. The Labute approximate surface area is 104 Å². The molecule has 0 aliphatic carbocycles. The monoisotopic (exact) mass is 262 g/mol. The van der Waals surface area contributed by atoms with Gasteiger partial charge in [-0.05, 0) is 26.7 Å². The molecule has 1 unspecified atom stereocenters. The van der Waals surface area contributed by atoms with Crippen LogP contribution >= 0.6 is 0 Å². The van der Waals surface area contributed by atoms with Gasteiger partial charge in [-0.3, -0.25) is 4.79 Å². The summed E-state index contributed by atoms with van der Waals surface area (Å²) >= 11 is 0. The average molecular weight is 262 g/mol. The Bertz CT molecular complexity index is 363. The third-order valence-electron chi connectivity index (χ3n) is 3.24. The SMILES string of the molecule is CCN(CC)C(=O)C1CCCCN1S(C)(=O)=O. The summed E-state index contributed by atoms with van der Waals surface area (Å²) in [5.41, 5.74) is 0. The van der Waals surface area contributed by atoms with E-state index in [0.717, 1.165) is 12.8 Å². The minimum atomic E-state index is -3.28. The molecule has 17 heavy (non-hydrogen) atoms. The number of piperidine rings is 1. The number of hydrogen-bond donors (Lipinski definition) is 0. The molecule has 0 saturated carbocycles. The highest BCUT2D eigenvalue weighted by Gasteiger charge is 2.35. The number of nitrogens with zero attached hydrogens (tertiary/aromatic N) is 2. The van der Waals surface area contributed by atoms with Gasteiger partial charge in [0.15, 0.2) is 0 Å². The fraction of sp³-hybridized carbons (Fsp3) is 0.909. The highest BCUT2D eigenvalue weighted by Crippen LogP contribution is 2.21. The van der Waals surface area contributed by atoms with Crippen molar-refractivity contribution >= 4 is 15.9 Å². The molecule has 1 amide bonds. The third kappa shape index (κ3) is 3.42. The van der Waals surface area contributed by atoms with Crippen molar-refractivity contribution in [3.63, 3.8) is 0 Å². The standard InChI is InChI=1S/C11H22N2O3S/c1-4-12(5-2)11(14)10-8-6-7-9-13(10)17(3,15)16/h10H,4-9H2,1-3H3. The van der Waals surface area contributed by atoms with Crippen LogP contribution in [0.1, 0.15) is 33.1 Å². The van der Waals surface area contributed by atoms with Gasteiger partial charge in [-0.25, -0.2) is 8.42 Å². The van der Waals surface area contributed by atoms with Crippen LogP contribution < -0.4 is 0 Å². The molecule has 1 saturated heterocycles. The van der Waals surface area contributed by atoms with E-state index in [2.05, 4.69) is 0 Å². The first-order valence-electron chi connectivity index (χ1n) is 6.17. The molecule has 100 valence electrons. The summed E-state index contributed by atoms with van der Waals surface area (Å²) in [5.74, 6) is -0.0554. The number of sulfonamides is 1. The second-order valence-electron chi connectivity index (χ2n) is 4.40. The molecule has 1 heterocycles. The molecule has 0 spiro atoms. The largest absolute Gasteiger partial charge is 0.342 e. The zero-order chi connectivity index (χ0) is 13.1. The van der Waals surface area contributed by atoms with Crippen LogP contribution in [0.15, 0.2) is 0 Å². The minimum absolute atomic E-state index is 0.0554. The molecular formula is C11H22N2O3S. The van der Waals surface area contributed by atoms with Gasteiger partial charge < -0.3 is 4.90 Å². The van der Waals surface area contributed by atoms with E-state index in [0.29, 0.717) is 26.1 Å². The summed E-state index contributed by atoms with van der Waals surface area (Å²) in [7, 11) is -3.28. The summed E-state index contributed by atoms with van der Waals surface area (Å²) in [6, 6.07) is -0.487. The third-order valence-corrected chi connectivity index (χ3v) is 4.53. The number of rotatable bonds is 4. The highest BCUT2D eigenvalue weighted by atomic mass is 32.2. The topological polar surface area (TPSA) is 57.7 Å². The average Bonchev–Trinajstić information content (AvgIpc) is 2.29. The van der Waals surface area contributed by atoms with Crippen LogP contribution in [0.5, 0.6) is 0 Å². The lowest BCUT2D eigenvalue weighted by molar-refractivity contribution is -0.135. The lowest BCUT2D eigenvalue weighted by Crippen LogP contribution is -2.52. The molecule has 5 nitrogen and oxygen atoms in total. The molecule has 0 aromatic carbocycles. The molecule has 0 aromatic rings. The smallest absolute Gasteiger partial charge is 0.241 e. The Morgan fingerprint density at radius 2 is 1.88 bits per heavy atom. The summed E-state index contributed by atoms with van der Waals surface area (Å²) in [6.45, 7) is 5.55. The minimum Gasteiger partial charge on any atom is -0.342 e. The first kappa shape index (κ1) is 14.4. The Morgan fingerprint density at radius 3 is 2.35 bits per heavy atom. The van der Waals surface area contributed by atoms with Gasteiger partial charge in [-0.15, -0.1) is 0 Å². The van der Waals surface area contributed by atoms with Crippen molar-refractivity contribution in [2.24, 2.45) is 0 Å². The van der Waals surface area contributed by atoms with Gasteiger partial charge in [0.25, 0.3) is 0 Å². The molecule has 0 N–H and O–H groups in total. The van der Waals surface area contributed by atoms with E-state index in [1.165, 1.54) is 10.6 Å². The Balaban J connectivity index is 2.88. The number of hydrogen-bond acceptors (Lipinski definition) is 3. The van der Waals surface area contributed by atoms with E-state index >= 15 is 0 Å². The molecule has 1 aliphatic rings. The van der Waals surface area contributed by atoms with E-state index < -0.39 is 16.1 Å². The van der Waals surface area contributed by atoms with Crippen LogP contribution in [0.25, 0.3) is 0 Å². The highest BCUT2D eigenvalue weighted by molar-refractivity contribution is 7.88. The molecule has 1 atom stereocenters. The normalized spacial score (nSPS) is 22.4. The van der Waals surface area contributed by atoms with Crippen molar-refractivity contribution < 1.29 is 13.2 Å². The quantitative estimate of drug-likeness (QED) is 0.748. The first-order chi connectivity index (χ1) is 7.91. The van der Waals surface area contributed by atoms with Crippen LogP contribution in [-0.2, 0) is 14.8 Å². The van der Waals surface area contributed by atoms with Crippen molar-refractivity contribution in [2.45, 2.75) is 39.2 Å².